The maximum atomic E-state index is 11.0. The molecule has 4 nitrogen and oxygen atoms in total. The molecule has 0 aromatic heterocycles. The zero-order valence-electron chi connectivity index (χ0n) is 20.8. The fourth-order valence-corrected chi connectivity index (χ4v) is 4.40. The molecule has 0 rings (SSSR count). The molecule has 0 aliphatic heterocycles. The predicted molar refractivity (Wildman–Crippen MR) is 127 cm³/mol. The molecule has 0 amide bonds. The zero-order chi connectivity index (χ0) is 22.6. The van der Waals surface area contributed by atoms with Crippen molar-refractivity contribution >= 4 is 5.97 Å². The standard InChI is InChI=1S/C26H52O4/c1-6-13-23(14-7-2)20-29-26(30-21-24(15-8-3)16-9-4)18-12-11-17-22(10-5)19-25(27)28/h22-24,26H,6-21H2,1-5H3,(H,27,28). The first kappa shape index (κ1) is 29.4. The summed E-state index contributed by atoms with van der Waals surface area (Å²) in [6.45, 7) is 12.7. The van der Waals surface area contributed by atoms with Gasteiger partial charge in [0.15, 0.2) is 6.29 Å². The number of ether oxygens (including phenoxy) is 2. The second kappa shape index (κ2) is 20.3. The van der Waals surface area contributed by atoms with Crippen molar-refractivity contribution in [2.24, 2.45) is 17.8 Å². The Kier molecular flexibility index (Phi) is 19.9. The van der Waals surface area contributed by atoms with E-state index in [1.165, 1.54) is 51.4 Å². The van der Waals surface area contributed by atoms with Crippen LogP contribution in [0.2, 0.25) is 0 Å². The van der Waals surface area contributed by atoms with Crippen molar-refractivity contribution in [3.63, 3.8) is 0 Å². The minimum Gasteiger partial charge on any atom is -0.481 e. The summed E-state index contributed by atoms with van der Waals surface area (Å²) in [4.78, 5) is 11.0. The van der Waals surface area contributed by atoms with Crippen LogP contribution in [0, 0.1) is 17.8 Å². The van der Waals surface area contributed by atoms with E-state index in [1.54, 1.807) is 0 Å². The molecule has 30 heavy (non-hydrogen) atoms. The fourth-order valence-electron chi connectivity index (χ4n) is 4.40. The quantitative estimate of drug-likeness (QED) is 0.141. The maximum Gasteiger partial charge on any atom is 0.303 e. The molecule has 0 fully saturated rings. The predicted octanol–water partition coefficient (Wildman–Crippen LogP) is 7.84. The lowest BCUT2D eigenvalue weighted by Crippen LogP contribution is -2.24. The summed E-state index contributed by atoms with van der Waals surface area (Å²) in [6.07, 6.45) is 14.8. The van der Waals surface area contributed by atoms with Crippen LogP contribution >= 0.6 is 0 Å². The van der Waals surface area contributed by atoms with Gasteiger partial charge in [0.05, 0.1) is 13.2 Å². The van der Waals surface area contributed by atoms with Gasteiger partial charge in [-0.15, -0.1) is 0 Å². The van der Waals surface area contributed by atoms with Gasteiger partial charge in [-0.05, 0) is 62.7 Å². The first-order chi connectivity index (χ1) is 14.5. The van der Waals surface area contributed by atoms with Gasteiger partial charge in [-0.25, -0.2) is 0 Å². The smallest absolute Gasteiger partial charge is 0.303 e. The van der Waals surface area contributed by atoms with Crippen molar-refractivity contribution in [3.8, 4) is 0 Å². The first-order valence-corrected chi connectivity index (χ1v) is 12.9. The van der Waals surface area contributed by atoms with Crippen molar-refractivity contribution in [2.45, 2.75) is 131 Å². The molecule has 0 spiro atoms. The lowest BCUT2D eigenvalue weighted by atomic mass is 9.95. The number of aliphatic carboxylic acids is 1. The average Bonchev–Trinajstić information content (AvgIpc) is 2.71. The Labute approximate surface area is 187 Å². The molecule has 4 heteroatoms. The van der Waals surface area contributed by atoms with Gasteiger partial charge in [-0.1, -0.05) is 73.1 Å². The molecule has 180 valence electrons. The van der Waals surface area contributed by atoms with Crippen molar-refractivity contribution in [2.75, 3.05) is 13.2 Å². The van der Waals surface area contributed by atoms with E-state index < -0.39 is 5.97 Å². The van der Waals surface area contributed by atoms with Gasteiger partial charge >= 0.3 is 5.97 Å². The van der Waals surface area contributed by atoms with Crippen molar-refractivity contribution in [1.82, 2.24) is 0 Å². The van der Waals surface area contributed by atoms with Crippen LogP contribution in [0.5, 0.6) is 0 Å². The molecular formula is C26H52O4. The number of hydrogen-bond acceptors (Lipinski definition) is 3. The molecule has 0 saturated carbocycles. The number of carboxylic acids is 1. The Hall–Kier alpha value is -0.610. The molecular weight excluding hydrogens is 376 g/mol. The van der Waals surface area contributed by atoms with E-state index in [1.807, 2.05) is 0 Å². The van der Waals surface area contributed by atoms with E-state index in [9.17, 15) is 4.79 Å². The topological polar surface area (TPSA) is 55.8 Å². The first-order valence-electron chi connectivity index (χ1n) is 12.9. The van der Waals surface area contributed by atoms with Gasteiger partial charge in [0.25, 0.3) is 0 Å². The van der Waals surface area contributed by atoms with Gasteiger partial charge in [0, 0.05) is 6.42 Å². The molecule has 1 N–H and O–H groups in total. The van der Waals surface area contributed by atoms with E-state index in [0.29, 0.717) is 24.2 Å². The molecule has 0 heterocycles. The van der Waals surface area contributed by atoms with E-state index in [4.69, 9.17) is 14.6 Å². The molecule has 0 aliphatic carbocycles. The molecule has 1 atom stereocenters. The molecule has 0 aliphatic rings. The number of unbranched alkanes of at least 4 members (excludes halogenated alkanes) is 1. The summed E-state index contributed by atoms with van der Waals surface area (Å²) in [5.74, 6) is 0.878. The summed E-state index contributed by atoms with van der Waals surface area (Å²) in [5.41, 5.74) is 0. The van der Waals surface area contributed by atoms with Crippen molar-refractivity contribution in [3.05, 3.63) is 0 Å². The normalized spacial score (nSPS) is 12.9. The second-order valence-corrected chi connectivity index (χ2v) is 9.14. The van der Waals surface area contributed by atoms with Crippen LogP contribution in [0.3, 0.4) is 0 Å². The Bertz CT molecular complexity index is 353. The Morgan fingerprint density at radius 3 is 1.47 bits per heavy atom. The van der Waals surface area contributed by atoms with Crippen LogP contribution in [-0.4, -0.2) is 30.6 Å². The van der Waals surface area contributed by atoms with Gasteiger partial charge in [-0.2, -0.15) is 0 Å². The summed E-state index contributed by atoms with van der Waals surface area (Å²) in [5, 5.41) is 9.04. The largest absolute Gasteiger partial charge is 0.481 e. The van der Waals surface area contributed by atoms with Crippen LogP contribution in [-0.2, 0) is 14.3 Å². The third-order valence-corrected chi connectivity index (χ3v) is 6.17. The highest BCUT2D eigenvalue weighted by atomic mass is 16.7. The van der Waals surface area contributed by atoms with Crippen molar-refractivity contribution < 1.29 is 19.4 Å². The van der Waals surface area contributed by atoms with E-state index in [-0.39, 0.29) is 6.29 Å². The molecule has 0 bridgehead atoms. The summed E-state index contributed by atoms with van der Waals surface area (Å²) >= 11 is 0. The van der Waals surface area contributed by atoms with Crippen molar-refractivity contribution in [1.29, 1.82) is 0 Å². The third kappa shape index (κ3) is 16.1. The van der Waals surface area contributed by atoms with Gasteiger partial charge in [0.1, 0.15) is 0 Å². The highest BCUT2D eigenvalue weighted by Gasteiger charge is 2.17. The van der Waals surface area contributed by atoms with Crippen LogP contribution in [0.4, 0.5) is 0 Å². The zero-order valence-corrected chi connectivity index (χ0v) is 20.8. The fraction of sp³-hybridized carbons (Fsp3) is 0.962. The highest BCUT2D eigenvalue weighted by molar-refractivity contribution is 5.66. The van der Waals surface area contributed by atoms with Gasteiger partial charge < -0.3 is 14.6 Å². The third-order valence-electron chi connectivity index (χ3n) is 6.17. The van der Waals surface area contributed by atoms with Crippen LogP contribution in [0.25, 0.3) is 0 Å². The SMILES string of the molecule is CCCC(CCC)COC(CCCCC(CC)CC(=O)O)OCC(CCC)CCC. The van der Waals surface area contributed by atoms with E-state index >= 15 is 0 Å². The lowest BCUT2D eigenvalue weighted by molar-refractivity contribution is -0.162. The van der Waals surface area contributed by atoms with Gasteiger partial charge in [0.2, 0.25) is 0 Å². The second-order valence-electron chi connectivity index (χ2n) is 9.14. The summed E-state index contributed by atoms with van der Waals surface area (Å²) in [7, 11) is 0. The van der Waals surface area contributed by atoms with E-state index in [0.717, 1.165) is 45.3 Å². The minimum absolute atomic E-state index is 0.114. The number of hydrogen-bond donors (Lipinski definition) is 1. The Morgan fingerprint density at radius 1 is 0.667 bits per heavy atom. The molecule has 0 radical (unpaired) electrons. The van der Waals surface area contributed by atoms with Crippen LogP contribution in [0.15, 0.2) is 0 Å². The van der Waals surface area contributed by atoms with Gasteiger partial charge in [-0.3, -0.25) is 4.79 Å². The Balaban J connectivity index is 4.61. The average molecular weight is 429 g/mol. The van der Waals surface area contributed by atoms with Crippen LogP contribution < -0.4 is 0 Å². The number of rotatable bonds is 22. The molecule has 1 unspecified atom stereocenters. The highest BCUT2D eigenvalue weighted by Crippen LogP contribution is 2.22. The summed E-state index contributed by atoms with van der Waals surface area (Å²) < 4.78 is 12.6. The number of carbonyl (C=O) groups is 1. The Morgan fingerprint density at radius 2 is 1.10 bits per heavy atom. The molecule has 0 saturated heterocycles. The lowest BCUT2D eigenvalue weighted by Gasteiger charge is -2.25. The summed E-state index contributed by atoms with van der Waals surface area (Å²) in [6, 6.07) is 0. The monoisotopic (exact) mass is 428 g/mol. The number of carboxylic acid groups (broad SMARTS) is 1. The molecule has 0 aromatic rings. The maximum absolute atomic E-state index is 11.0. The minimum atomic E-state index is -0.679. The van der Waals surface area contributed by atoms with E-state index in [2.05, 4.69) is 34.6 Å². The van der Waals surface area contributed by atoms with Crippen LogP contribution in [0.1, 0.15) is 125 Å². The molecule has 0 aromatic carbocycles.